The third-order valence-corrected chi connectivity index (χ3v) is 4.78. The Bertz CT molecular complexity index is 383. The molecular formula is C13H19BrN2S. The lowest BCUT2D eigenvalue weighted by atomic mass is 10.0. The van der Waals surface area contributed by atoms with Gasteiger partial charge in [0.25, 0.3) is 0 Å². The molecule has 0 aliphatic carbocycles. The number of nitrogens with one attached hydrogen (secondary N) is 1. The smallest absolute Gasteiger partial charge is 0.0701 e. The molecule has 0 amide bonds. The number of thiophene rings is 1. The van der Waals surface area contributed by atoms with Crippen LogP contribution in [-0.2, 0) is 0 Å². The maximum absolute atomic E-state index is 4.07. The second-order valence-electron chi connectivity index (χ2n) is 4.60. The van der Waals surface area contributed by atoms with Crippen molar-refractivity contribution < 1.29 is 0 Å². The lowest BCUT2D eigenvalue weighted by molar-refractivity contribution is 0.175. The molecule has 1 aliphatic rings. The zero-order valence-electron chi connectivity index (χ0n) is 10.2. The third-order valence-electron chi connectivity index (χ3n) is 3.06. The molecule has 0 aromatic carbocycles. The van der Waals surface area contributed by atoms with Gasteiger partial charge in [-0.25, -0.2) is 0 Å². The summed E-state index contributed by atoms with van der Waals surface area (Å²) in [6, 6.07) is 4.89. The van der Waals surface area contributed by atoms with Crippen molar-refractivity contribution >= 4 is 27.3 Å². The summed E-state index contributed by atoms with van der Waals surface area (Å²) in [5.41, 5.74) is 1.26. The first-order chi connectivity index (χ1) is 8.16. The summed E-state index contributed by atoms with van der Waals surface area (Å²) in [6.45, 7) is 10.7. The molecule has 1 aromatic heterocycles. The minimum Gasteiger partial charge on any atom is -0.314 e. The Balaban J connectivity index is 2.14. The van der Waals surface area contributed by atoms with Crippen LogP contribution in [0.4, 0.5) is 0 Å². The number of piperazine rings is 1. The second kappa shape index (κ2) is 6.14. The number of nitrogens with zero attached hydrogens (tertiary/aromatic N) is 1. The zero-order chi connectivity index (χ0) is 12.3. The van der Waals surface area contributed by atoms with Gasteiger partial charge in [-0.15, -0.1) is 17.9 Å². The molecule has 1 aliphatic heterocycles. The normalized spacial score (nSPS) is 19.2. The van der Waals surface area contributed by atoms with Crippen LogP contribution in [0.2, 0.25) is 0 Å². The van der Waals surface area contributed by atoms with E-state index < -0.39 is 0 Å². The molecule has 2 heterocycles. The lowest BCUT2D eigenvalue weighted by Crippen LogP contribution is -2.45. The first-order valence-corrected chi connectivity index (χ1v) is 7.62. The molecule has 94 valence electrons. The highest BCUT2D eigenvalue weighted by Crippen LogP contribution is 2.34. The monoisotopic (exact) mass is 314 g/mol. The van der Waals surface area contributed by atoms with Gasteiger partial charge < -0.3 is 5.32 Å². The molecule has 0 radical (unpaired) electrons. The molecule has 1 fully saturated rings. The second-order valence-corrected chi connectivity index (χ2v) is 7.10. The molecule has 0 spiro atoms. The molecule has 0 bridgehead atoms. The predicted molar refractivity (Wildman–Crippen MR) is 78.6 cm³/mol. The van der Waals surface area contributed by atoms with Gasteiger partial charge >= 0.3 is 0 Å². The molecule has 1 saturated heterocycles. The molecule has 2 nitrogen and oxygen atoms in total. The molecule has 1 N–H and O–H groups in total. The fourth-order valence-electron chi connectivity index (χ4n) is 2.24. The van der Waals surface area contributed by atoms with Gasteiger partial charge in [-0.05, 0) is 41.4 Å². The van der Waals surface area contributed by atoms with Crippen LogP contribution in [0.5, 0.6) is 0 Å². The molecule has 0 unspecified atom stereocenters. The minimum absolute atomic E-state index is 0.505. The van der Waals surface area contributed by atoms with E-state index in [1.165, 1.54) is 14.2 Å². The Kier molecular flexibility index (Phi) is 4.79. The number of rotatable bonds is 4. The Morgan fingerprint density at radius 1 is 1.53 bits per heavy atom. The van der Waals surface area contributed by atoms with E-state index in [-0.39, 0.29) is 0 Å². The molecule has 2 rings (SSSR count). The van der Waals surface area contributed by atoms with E-state index in [0.717, 1.165) is 32.6 Å². The van der Waals surface area contributed by atoms with Crippen molar-refractivity contribution in [3.05, 3.63) is 32.9 Å². The largest absolute Gasteiger partial charge is 0.314 e. The van der Waals surface area contributed by atoms with Gasteiger partial charge in [0.1, 0.15) is 0 Å². The summed E-state index contributed by atoms with van der Waals surface area (Å²) >= 11 is 5.40. The molecule has 1 aromatic rings. The van der Waals surface area contributed by atoms with Gasteiger partial charge in [0.2, 0.25) is 0 Å². The van der Waals surface area contributed by atoms with Crippen LogP contribution in [0, 0.1) is 0 Å². The minimum atomic E-state index is 0.505. The summed E-state index contributed by atoms with van der Waals surface area (Å²) in [6.07, 6.45) is 1.06. The van der Waals surface area contributed by atoms with Crippen LogP contribution < -0.4 is 5.32 Å². The average Bonchev–Trinajstić information content (AvgIpc) is 2.73. The first-order valence-electron chi connectivity index (χ1n) is 6.01. The Morgan fingerprint density at radius 3 is 2.76 bits per heavy atom. The summed E-state index contributed by atoms with van der Waals surface area (Å²) in [5.74, 6) is 0. The van der Waals surface area contributed by atoms with Crippen molar-refractivity contribution in [3.8, 4) is 0 Å². The van der Waals surface area contributed by atoms with Gasteiger partial charge in [-0.3, -0.25) is 4.90 Å². The van der Waals surface area contributed by atoms with Crippen LogP contribution in [0.3, 0.4) is 0 Å². The predicted octanol–water partition coefficient (Wildman–Crippen LogP) is 3.42. The van der Waals surface area contributed by atoms with Crippen LogP contribution >= 0.6 is 27.3 Å². The highest BCUT2D eigenvalue weighted by Gasteiger charge is 2.23. The summed E-state index contributed by atoms with van der Waals surface area (Å²) < 4.78 is 1.22. The van der Waals surface area contributed by atoms with Crippen LogP contribution in [0.1, 0.15) is 24.3 Å². The van der Waals surface area contributed by atoms with Crippen LogP contribution in [0.25, 0.3) is 0 Å². The van der Waals surface area contributed by atoms with Crippen molar-refractivity contribution in [2.75, 3.05) is 26.2 Å². The van der Waals surface area contributed by atoms with Gasteiger partial charge in [0, 0.05) is 37.1 Å². The molecule has 0 saturated carbocycles. The van der Waals surface area contributed by atoms with E-state index in [9.17, 15) is 0 Å². The summed E-state index contributed by atoms with van der Waals surface area (Å²) in [5, 5.41) is 3.41. The SMILES string of the molecule is C=C(C)C[C@@H](c1ccc(Br)s1)N1CCNCC1. The summed E-state index contributed by atoms with van der Waals surface area (Å²) in [7, 11) is 0. The highest BCUT2D eigenvalue weighted by molar-refractivity contribution is 9.11. The van der Waals surface area contributed by atoms with E-state index in [1.807, 2.05) is 11.3 Å². The molecular weight excluding hydrogens is 296 g/mol. The Labute approximate surface area is 116 Å². The molecule has 1 atom stereocenters. The Morgan fingerprint density at radius 2 is 2.24 bits per heavy atom. The molecule has 17 heavy (non-hydrogen) atoms. The highest BCUT2D eigenvalue weighted by atomic mass is 79.9. The van der Waals surface area contributed by atoms with Gasteiger partial charge in [-0.1, -0.05) is 5.57 Å². The van der Waals surface area contributed by atoms with Crippen molar-refractivity contribution in [2.24, 2.45) is 0 Å². The van der Waals surface area contributed by atoms with E-state index in [4.69, 9.17) is 0 Å². The van der Waals surface area contributed by atoms with E-state index >= 15 is 0 Å². The number of hydrogen-bond donors (Lipinski definition) is 1. The van der Waals surface area contributed by atoms with Crippen molar-refractivity contribution in [1.29, 1.82) is 0 Å². The zero-order valence-corrected chi connectivity index (χ0v) is 12.6. The summed E-state index contributed by atoms with van der Waals surface area (Å²) in [4.78, 5) is 4.02. The maximum Gasteiger partial charge on any atom is 0.0701 e. The van der Waals surface area contributed by atoms with Crippen molar-refractivity contribution in [3.63, 3.8) is 0 Å². The first kappa shape index (κ1) is 13.3. The van der Waals surface area contributed by atoms with Crippen LogP contribution in [0.15, 0.2) is 28.1 Å². The topological polar surface area (TPSA) is 15.3 Å². The van der Waals surface area contributed by atoms with E-state index in [2.05, 4.69) is 51.8 Å². The van der Waals surface area contributed by atoms with Gasteiger partial charge in [0.05, 0.1) is 3.79 Å². The average molecular weight is 315 g/mol. The van der Waals surface area contributed by atoms with Crippen molar-refractivity contribution in [2.45, 2.75) is 19.4 Å². The number of hydrogen-bond acceptors (Lipinski definition) is 3. The quantitative estimate of drug-likeness (QED) is 0.857. The molecule has 4 heteroatoms. The van der Waals surface area contributed by atoms with Crippen LogP contribution in [-0.4, -0.2) is 31.1 Å². The standard InChI is InChI=1S/C13H19BrN2S/c1-10(2)9-11(12-3-4-13(14)17-12)16-7-5-15-6-8-16/h3-4,11,15H,1,5-9H2,2H3/t11-/m0/s1. The van der Waals surface area contributed by atoms with Crippen molar-refractivity contribution in [1.82, 2.24) is 10.2 Å². The number of halogens is 1. The van der Waals surface area contributed by atoms with Gasteiger partial charge in [-0.2, -0.15) is 0 Å². The van der Waals surface area contributed by atoms with E-state index in [0.29, 0.717) is 6.04 Å². The Hall–Kier alpha value is -0.160. The lowest BCUT2D eigenvalue weighted by Gasteiger charge is -2.34. The van der Waals surface area contributed by atoms with E-state index in [1.54, 1.807) is 0 Å². The fraction of sp³-hybridized carbons (Fsp3) is 0.538. The van der Waals surface area contributed by atoms with Gasteiger partial charge in [0.15, 0.2) is 0 Å². The maximum atomic E-state index is 4.07. The fourth-order valence-corrected chi connectivity index (χ4v) is 3.80. The third kappa shape index (κ3) is 3.65.